The average Bonchev–Trinajstić information content (AvgIpc) is 2.46. The lowest BCUT2D eigenvalue weighted by molar-refractivity contribution is -0.140. The number of esters is 1. The molecule has 4 heteroatoms. The summed E-state index contributed by atoms with van der Waals surface area (Å²) in [5, 5.41) is 0. The summed E-state index contributed by atoms with van der Waals surface area (Å²) in [6, 6.07) is 0. The summed E-state index contributed by atoms with van der Waals surface area (Å²) in [7, 11) is 1.42. The molecule has 0 bridgehead atoms. The molecular weight excluding hydrogens is 268 g/mol. The van der Waals surface area contributed by atoms with Crippen molar-refractivity contribution in [1.29, 1.82) is 0 Å². The summed E-state index contributed by atoms with van der Waals surface area (Å²) in [4.78, 5) is 33.1. The lowest BCUT2D eigenvalue weighted by Crippen LogP contribution is -2.01. The molecule has 0 aromatic rings. The van der Waals surface area contributed by atoms with E-state index in [1.165, 1.54) is 26.9 Å². The van der Waals surface area contributed by atoms with Gasteiger partial charge in [0.1, 0.15) is 11.6 Å². The number of carbonyl (C=O) groups excluding carboxylic acids is 3. The maximum Gasteiger partial charge on any atom is 0.305 e. The van der Waals surface area contributed by atoms with Crippen LogP contribution in [0.4, 0.5) is 0 Å². The van der Waals surface area contributed by atoms with Gasteiger partial charge in [0.2, 0.25) is 0 Å². The van der Waals surface area contributed by atoms with Gasteiger partial charge in [-0.2, -0.15) is 0 Å². The minimum absolute atomic E-state index is 0.0931. The fraction of sp³-hybridized carbons (Fsp3) is 0.824. The van der Waals surface area contributed by atoms with Crippen LogP contribution in [0.5, 0.6) is 0 Å². The van der Waals surface area contributed by atoms with Crippen molar-refractivity contribution in [2.45, 2.75) is 84.0 Å². The van der Waals surface area contributed by atoms with Gasteiger partial charge in [0, 0.05) is 25.7 Å². The van der Waals surface area contributed by atoms with Crippen LogP contribution in [0.15, 0.2) is 0 Å². The first-order valence-corrected chi connectivity index (χ1v) is 8.14. The molecule has 0 aliphatic heterocycles. The van der Waals surface area contributed by atoms with Crippen molar-refractivity contribution in [2.75, 3.05) is 7.11 Å². The van der Waals surface area contributed by atoms with Crippen molar-refractivity contribution in [3.8, 4) is 0 Å². The number of unbranched alkanes of at least 4 members (excludes halogenated alkanes) is 7. The molecule has 0 aliphatic rings. The van der Waals surface area contributed by atoms with E-state index < -0.39 is 0 Å². The number of carbonyl (C=O) groups is 3. The van der Waals surface area contributed by atoms with Gasteiger partial charge in [0.25, 0.3) is 0 Å². The first kappa shape index (κ1) is 19.8. The fourth-order valence-corrected chi connectivity index (χ4v) is 2.19. The summed E-state index contributed by atoms with van der Waals surface area (Å²) in [5.41, 5.74) is 0. The molecule has 0 saturated heterocycles. The number of ketones is 2. The molecule has 0 rings (SSSR count). The molecule has 0 aromatic carbocycles. The predicted molar refractivity (Wildman–Crippen MR) is 83.1 cm³/mol. The molecule has 0 N–H and O–H groups in total. The lowest BCUT2D eigenvalue weighted by atomic mass is 10.0. The third-order valence-corrected chi connectivity index (χ3v) is 3.57. The summed E-state index contributed by atoms with van der Waals surface area (Å²) in [6.45, 7) is 1.53. The Hall–Kier alpha value is -1.19. The Morgan fingerprint density at radius 1 is 0.667 bits per heavy atom. The van der Waals surface area contributed by atoms with Gasteiger partial charge in [-0.3, -0.25) is 9.59 Å². The fourth-order valence-electron chi connectivity index (χ4n) is 2.19. The Balaban J connectivity index is 3.20. The van der Waals surface area contributed by atoms with Crippen LogP contribution in [0.1, 0.15) is 84.0 Å². The quantitative estimate of drug-likeness (QED) is 0.359. The zero-order valence-corrected chi connectivity index (χ0v) is 13.6. The molecule has 21 heavy (non-hydrogen) atoms. The van der Waals surface area contributed by atoms with Gasteiger partial charge in [-0.25, -0.2) is 0 Å². The van der Waals surface area contributed by atoms with E-state index in [-0.39, 0.29) is 17.5 Å². The van der Waals surface area contributed by atoms with Gasteiger partial charge >= 0.3 is 5.97 Å². The van der Waals surface area contributed by atoms with Gasteiger partial charge < -0.3 is 9.53 Å². The number of hydrogen-bond donors (Lipinski definition) is 0. The molecule has 0 atom stereocenters. The molecule has 0 heterocycles. The van der Waals surface area contributed by atoms with E-state index in [4.69, 9.17) is 0 Å². The topological polar surface area (TPSA) is 60.4 Å². The van der Waals surface area contributed by atoms with Crippen LogP contribution in [0, 0.1) is 0 Å². The van der Waals surface area contributed by atoms with Crippen LogP contribution in [-0.2, 0) is 19.1 Å². The van der Waals surface area contributed by atoms with Crippen LogP contribution >= 0.6 is 0 Å². The van der Waals surface area contributed by atoms with Gasteiger partial charge in [-0.05, 0) is 19.8 Å². The van der Waals surface area contributed by atoms with Crippen molar-refractivity contribution in [3.63, 3.8) is 0 Å². The Bertz CT molecular complexity index is 310. The standard InChI is InChI=1S/C17H30O4/c1-15(18)13-14-16(19)11-9-7-5-3-4-6-8-10-12-17(20)21-2/h3-14H2,1-2H3. The predicted octanol–water partition coefficient (Wildman–Crippen LogP) is 4.00. The molecule has 4 nitrogen and oxygen atoms in total. The van der Waals surface area contributed by atoms with E-state index in [9.17, 15) is 14.4 Å². The second kappa shape index (κ2) is 13.8. The number of ether oxygens (including phenoxy) is 1. The second-order valence-corrected chi connectivity index (χ2v) is 5.65. The van der Waals surface area contributed by atoms with Gasteiger partial charge in [-0.1, -0.05) is 38.5 Å². The number of rotatable bonds is 14. The molecule has 0 radical (unpaired) electrons. The second-order valence-electron chi connectivity index (χ2n) is 5.65. The molecular formula is C17H30O4. The van der Waals surface area contributed by atoms with Crippen LogP contribution in [0.3, 0.4) is 0 Å². The third-order valence-electron chi connectivity index (χ3n) is 3.57. The maximum absolute atomic E-state index is 11.4. The molecule has 0 amide bonds. The van der Waals surface area contributed by atoms with Crippen LogP contribution in [0.2, 0.25) is 0 Å². The van der Waals surface area contributed by atoms with E-state index in [0.717, 1.165) is 38.5 Å². The van der Waals surface area contributed by atoms with E-state index in [0.29, 0.717) is 25.7 Å². The van der Waals surface area contributed by atoms with Gasteiger partial charge in [-0.15, -0.1) is 0 Å². The van der Waals surface area contributed by atoms with Gasteiger partial charge in [0.05, 0.1) is 7.11 Å². The molecule has 0 unspecified atom stereocenters. The third kappa shape index (κ3) is 15.0. The highest BCUT2D eigenvalue weighted by Crippen LogP contribution is 2.11. The Kier molecular flexibility index (Phi) is 13.0. The lowest BCUT2D eigenvalue weighted by Gasteiger charge is -2.02. The van der Waals surface area contributed by atoms with E-state index in [2.05, 4.69) is 4.74 Å². The summed E-state index contributed by atoms with van der Waals surface area (Å²) >= 11 is 0. The largest absolute Gasteiger partial charge is 0.469 e. The van der Waals surface area contributed by atoms with Crippen LogP contribution in [-0.4, -0.2) is 24.6 Å². The van der Waals surface area contributed by atoms with E-state index >= 15 is 0 Å². The van der Waals surface area contributed by atoms with Crippen molar-refractivity contribution in [2.24, 2.45) is 0 Å². The monoisotopic (exact) mass is 298 g/mol. The molecule has 0 spiro atoms. The number of Topliss-reactive ketones (excluding diaryl/α,β-unsaturated/α-hetero) is 2. The minimum atomic E-state index is -0.121. The Morgan fingerprint density at radius 3 is 1.62 bits per heavy atom. The maximum atomic E-state index is 11.4. The summed E-state index contributed by atoms with van der Waals surface area (Å²) in [5.74, 6) is 0.188. The number of methoxy groups -OCH3 is 1. The van der Waals surface area contributed by atoms with Crippen molar-refractivity contribution < 1.29 is 19.1 Å². The van der Waals surface area contributed by atoms with Crippen molar-refractivity contribution in [3.05, 3.63) is 0 Å². The zero-order valence-electron chi connectivity index (χ0n) is 13.6. The van der Waals surface area contributed by atoms with Gasteiger partial charge in [0.15, 0.2) is 0 Å². The van der Waals surface area contributed by atoms with Crippen LogP contribution < -0.4 is 0 Å². The SMILES string of the molecule is COC(=O)CCCCCCCCCCC(=O)CCC(C)=O. The molecule has 122 valence electrons. The average molecular weight is 298 g/mol. The Morgan fingerprint density at radius 2 is 1.14 bits per heavy atom. The minimum Gasteiger partial charge on any atom is -0.469 e. The van der Waals surface area contributed by atoms with E-state index in [1.807, 2.05) is 0 Å². The first-order valence-electron chi connectivity index (χ1n) is 8.14. The Labute approximate surface area is 128 Å². The summed E-state index contributed by atoms with van der Waals surface area (Å²) in [6.07, 6.45) is 10.7. The molecule has 0 aliphatic carbocycles. The molecule has 0 saturated carbocycles. The van der Waals surface area contributed by atoms with Crippen molar-refractivity contribution in [1.82, 2.24) is 0 Å². The highest BCUT2D eigenvalue weighted by atomic mass is 16.5. The highest BCUT2D eigenvalue weighted by Gasteiger charge is 2.03. The highest BCUT2D eigenvalue weighted by molar-refractivity contribution is 5.84. The molecule has 0 aromatic heterocycles. The zero-order chi connectivity index (χ0) is 15.9. The smallest absolute Gasteiger partial charge is 0.305 e. The first-order chi connectivity index (χ1) is 10.1. The molecule has 0 fully saturated rings. The number of hydrogen-bond acceptors (Lipinski definition) is 4. The van der Waals surface area contributed by atoms with E-state index in [1.54, 1.807) is 0 Å². The normalized spacial score (nSPS) is 10.4. The van der Waals surface area contributed by atoms with Crippen molar-refractivity contribution >= 4 is 17.5 Å². The van der Waals surface area contributed by atoms with Crippen LogP contribution in [0.25, 0.3) is 0 Å². The summed E-state index contributed by atoms with van der Waals surface area (Å²) < 4.78 is 4.59.